The third-order valence-electron chi connectivity index (χ3n) is 3.22. The lowest BCUT2D eigenvalue weighted by molar-refractivity contribution is 0.0204. The van der Waals surface area contributed by atoms with E-state index in [1.54, 1.807) is 12.1 Å². The Bertz CT molecular complexity index is 461. The van der Waals surface area contributed by atoms with Gasteiger partial charge in [0, 0.05) is 26.2 Å². The number of carboxylic acids is 1. The molecule has 1 aliphatic rings. The second-order valence-electron chi connectivity index (χ2n) is 4.77. The summed E-state index contributed by atoms with van der Waals surface area (Å²) in [5, 5.41) is 18.8. The van der Waals surface area contributed by atoms with Crippen molar-refractivity contribution in [3.8, 4) is 0 Å². The first-order valence-electron chi connectivity index (χ1n) is 6.43. The van der Waals surface area contributed by atoms with Gasteiger partial charge < -0.3 is 14.9 Å². The van der Waals surface area contributed by atoms with E-state index in [1.165, 1.54) is 0 Å². The average molecular weight is 265 g/mol. The highest BCUT2D eigenvalue weighted by atomic mass is 16.5. The second-order valence-corrected chi connectivity index (χ2v) is 4.77. The molecular weight excluding hydrogens is 246 g/mol. The Hall–Kier alpha value is -1.43. The first-order chi connectivity index (χ1) is 9.10. The number of β-amino-alcohol motifs (C(OH)–C–C–N with tert-alkyl or cyclic N) is 1. The van der Waals surface area contributed by atoms with Gasteiger partial charge in [-0.2, -0.15) is 0 Å². The van der Waals surface area contributed by atoms with Crippen molar-refractivity contribution >= 4 is 5.97 Å². The Kier molecular flexibility index (Phi) is 4.52. The summed E-state index contributed by atoms with van der Waals surface area (Å²) in [5.74, 6) is -0.905. The zero-order valence-corrected chi connectivity index (χ0v) is 11.0. The number of aliphatic hydroxyl groups excluding tert-OH is 1. The SMILES string of the molecule is CCOCC(O)CN1Cc2ccc(C(=O)O)cc2C1. The fourth-order valence-electron chi connectivity index (χ4n) is 2.33. The van der Waals surface area contributed by atoms with Crippen LogP contribution in [-0.2, 0) is 17.8 Å². The van der Waals surface area contributed by atoms with E-state index < -0.39 is 12.1 Å². The van der Waals surface area contributed by atoms with Gasteiger partial charge in [-0.3, -0.25) is 4.90 Å². The minimum Gasteiger partial charge on any atom is -0.478 e. The molecule has 19 heavy (non-hydrogen) atoms. The van der Waals surface area contributed by atoms with Crippen molar-refractivity contribution in [3.05, 3.63) is 34.9 Å². The molecule has 2 N–H and O–H groups in total. The van der Waals surface area contributed by atoms with Crippen LogP contribution in [0.1, 0.15) is 28.4 Å². The Morgan fingerprint density at radius 2 is 2.16 bits per heavy atom. The third-order valence-corrected chi connectivity index (χ3v) is 3.22. The van der Waals surface area contributed by atoms with Crippen LogP contribution in [0.4, 0.5) is 0 Å². The molecule has 0 radical (unpaired) electrons. The summed E-state index contributed by atoms with van der Waals surface area (Å²) in [6.07, 6.45) is -0.506. The maximum atomic E-state index is 10.9. The highest BCUT2D eigenvalue weighted by Gasteiger charge is 2.22. The number of ether oxygens (including phenoxy) is 1. The Labute approximate surface area is 112 Å². The van der Waals surface area contributed by atoms with Crippen molar-refractivity contribution in [2.75, 3.05) is 19.8 Å². The molecule has 1 aromatic rings. The number of carboxylic acid groups (broad SMARTS) is 1. The molecule has 0 aromatic heterocycles. The van der Waals surface area contributed by atoms with Crippen molar-refractivity contribution in [1.82, 2.24) is 4.90 Å². The van der Waals surface area contributed by atoms with E-state index in [1.807, 2.05) is 13.0 Å². The van der Waals surface area contributed by atoms with Crippen molar-refractivity contribution in [2.24, 2.45) is 0 Å². The fourth-order valence-corrected chi connectivity index (χ4v) is 2.33. The van der Waals surface area contributed by atoms with E-state index in [0.29, 0.717) is 31.9 Å². The third kappa shape index (κ3) is 3.53. The van der Waals surface area contributed by atoms with E-state index in [-0.39, 0.29) is 0 Å². The minimum atomic E-state index is -0.905. The molecule has 0 fully saturated rings. The summed E-state index contributed by atoms with van der Waals surface area (Å²) >= 11 is 0. The van der Waals surface area contributed by atoms with E-state index >= 15 is 0 Å². The number of hydrogen-bond acceptors (Lipinski definition) is 4. The Morgan fingerprint density at radius 1 is 1.42 bits per heavy atom. The van der Waals surface area contributed by atoms with Gasteiger partial charge in [0.25, 0.3) is 0 Å². The highest BCUT2D eigenvalue weighted by Crippen LogP contribution is 2.24. The van der Waals surface area contributed by atoms with Crippen LogP contribution in [0.5, 0.6) is 0 Å². The molecule has 0 saturated heterocycles. The zero-order valence-electron chi connectivity index (χ0n) is 11.0. The lowest BCUT2D eigenvalue weighted by Gasteiger charge is -2.19. The molecule has 1 atom stereocenters. The summed E-state index contributed by atoms with van der Waals surface area (Å²) in [4.78, 5) is 13.0. The van der Waals surface area contributed by atoms with Gasteiger partial charge in [-0.05, 0) is 30.2 Å². The topological polar surface area (TPSA) is 70.0 Å². The van der Waals surface area contributed by atoms with Gasteiger partial charge >= 0.3 is 5.97 Å². The van der Waals surface area contributed by atoms with Crippen molar-refractivity contribution < 1.29 is 19.7 Å². The highest BCUT2D eigenvalue weighted by molar-refractivity contribution is 5.87. The van der Waals surface area contributed by atoms with Crippen LogP contribution in [-0.4, -0.2) is 46.9 Å². The second kappa shape index (κ2) is 6.14. The van der Waals surface area contributed by atoms with E-state index in [0.717, 1.165) is 17.7 Å². The van der Waals surface area contributed by atoms with Gasteiger partial charge in [0.05, 0.1) is 18.3 Å². The first kappa shape index (κ1) is 14.0. The quantitative estimate of drug-likeness (QED) is 0.806. The molecule has 0 spiro atoms. The maximum Gasteiger partial charge on any atom is 0.335 e. The molecule has 1 aromatic carbocycles. The van der Waals surface area contributed by atoms with Crippen molar-refractivity contribution in [2.45, 2.75) is 26.1 Å². The van der Waals surface area contributed by atoms with Crippen LogP contribution in [0.25, 0.3) is 0 Å². The lowest BCUT2D eigenvalue weighted by Crippen LogP contribution is -2.31. The number of carbonyl (C=O) groups is 1. The molecule has 1 unspecified atom stereocenters. The van der Waals surface area contributed by atoms with Gasteiger partial charge in [0.2, 0.25) is 0 Å². The normalized spacial score (nSPS) is 16.3. The van der Waals surface area contributed by atoms with Gasteiger partial charge in [-0.1, -0.05) is 6.07 Å². The summed E-state index contributed by atoms with van der Waals surface area (Å²) < 4.78 is 5.18. The minimum absolute atomic E-state index is 0.315. The molecule has 5 nitrogen and oxygen atoms in total. The van der Waals surface area contributed by atoms with Gasteiger partial charge in [0.1, 0.15) is 0 Å². The predicted molar refractivity (Wildman–Crippen MR) is 70.0 cm³/mol. The van der Waals surface area contributed by atoms with E-state index in [2.05, 4.69) is 4.90 Å². The number of rotatable bonds is 6. The van der Waals surface area contributed by atoms with E-state index in [4.69, 9.17) is 9.84 Å². The fraction of sp³-hybridized carbons (Fsp3) is 0.500. The molecule has 0 amide bonds. The number of aliphatic hydroxyl groups is 1. The van der Waals surface area contributed by atoms with Crippen LogP contribution in [0.2, 0.25) is 0 Å². The number of hydrogen-bond donors (Lipinski definition) is 2. The molecular formula is C14H19NO4. The molecule has 0 aliphatic carbocycles. The monoisotopic (exact) mass is 265 g/mol. The first-order valence-corrected chi connectivity index (χ1v) is 6.43. The number of nitrogens with zero attached hydrogens (tertiary/aromatic N) is 1. The molecule has 2 rings (SSSR count). The largest absolute Gasteiger partial charge is 0.478 e. The molecule has 0 bridgehead atoms. The average Bonchev–Trinajstić information content (AvgIpc) is 2.77. The smallest absolute Gasteiger partial charge is 0.335 e. The standard InChI is InChI=1S/C14H19NO4/c1-2-19-9-13(16)8-15-6-11-4-3-10(14(17)18)5-12(11)7-15/h3-5,13,16H,2,6-9H2,1H3,(H,17,18). The summed E-state index contributed by atoms with van der Waals surface area (Å²) in [6.45, 7) is 4.80. The van der Waals surface area contributed by atoms with Crippen LogP contribution < -0.4 is 0 Å². The van der Waals surface area contributed by atoms with Gasteiger partial charge in [-0.15, -0.1) is 0 Å². The van der Waals surface area contributed by atoms with Gasteiger partial charge in [0.15, 0.2) is 0 Å². The Balaban J connectivity index is 1.94. The van der Waals surface area contributed by atoms with Crippen LogP contribution in [0.3, 0.4) is 0 Å². The van der Waals surface area contributed by atoms with Crippen LogP contribution in [0, 0.1) is 0 Å². The number of aromatic carboxylic acids is 1. The molecule has 0 saturated carbocycles. The lowest BCUT2D eigenvalue weighted by atomic mass is 10.1. The number of fused-ring (bicyclic) bond motifs is 1. The van der Waals surface area contributed by atoms with Crippen molar-refractivity contribution in [1.29, 1.82) is 0 Å². The summed E-state index contributed by atoms with van der Waals surface area (Å²) in [7, 11) is 0. The Morgan fingerprint density at radius 3 is 2.84 bits per heavy atom. The van der Waals surface area contributed by atoms with Crippen LogP contribution >= 0.6 is 0 Å². The van der Waals surface area contributed by atoms with Crippen molar-refractivity contribution in [3.63, 3.8) is 0 Å². The zero-order chi connectivity index (χ0) is 13.8. The maximum absolute atomic E-state index is 10.9. The predicted octanol–water partition coefficient (Wildman–Crippen LogP) is 1.10. The van der Waals surface area contributed by atoms with Gasteiger partial charge in [-0.25, -0.2) is 4.79 Å². The van der Waals surface area contributed by atoms with E-state index in [9.17, 15) is 9.90 Å². The molecule has 104 valence electrons. The summed E-state index contributed by atoms with van der Waals surface area (Å²) in [6, 6.07) is 5.20. The number of benzene rings is 1. The molecule has 5 heteroatoms. The van der Waals surface area contributed by atoms with Crippen LogP contribution in [0.15, 0.2) is 18.2 Å². The summed E-state index contributed by atoms with van der Waals surface area (Å²) in [5.41, 5.74) is 2.48. The molecule has 1 heterocycles. The molecule has 1 aliphatic heterocycles.